The number of rotatable bonds is 5. The molecular formula is C56H41N. The zero-order valence-corrected chi connectivity index (χ0v) is 32.2. The van der Waals surface area contributed by atoms with Crippen molar-refractivity contribution >= 4 is 50.8 Å². The SMILES string of the molecule is CC1(C)c2cc(/C=C/c3ccc(-c4c5ccccc5c(-c5ccccc5)c5ccccc45)cc3)ccc2-c2ccc(N3c4ccccc4Cc4ccccc43)cc21. The van der Waals surface area contributed by atoms with Crippen molar-refractivity contribution in [3.05, 3.63) is 221 Å². The van der Waals surface area contributed by atoms with Gasteiger partial charge in [-0.25, -0.2) is 0 Å². The number of hydrogen-bond donors (Lipinski definition) is 0. The molecule has 0 saturated heterocycles. The van der Waals surface area contributed by atoms with Gasteiger partial charge in [-0.2, -0.15) is 0 Å². The first kappa shape index (κ1) is 33.4. The number of para-hydroxylation sites is 2. The van der Waals surface area contributed by atoms with Crippen molar-refractivity contribution in [3.8, 4) is 33.4 Å². The smallest absolute Gasteiger partial charge is 0.0497 e. The standard InChI is InChI=1S/C56H41N/c1-56(2)50-34-38(28-32-44(50)45-33-31-43(36-51(45)56)57-52-22-12-6-16-41(52)35-42-17-7-13-23-53(42)57)25-24-37-26-29-40(30-27-37)55-48-20-10-8-18-46(48)54(39-14-4-3-5-15-39)47-19-9-11-21-49(47)55/h3-34,36H,35H2,1-2H3/b25-24+. The van der Waals surface area contributed by atoms with Crippen LogP contribution in [0.4, 0.5) is 17.1 Å². The average molecular weight is 728 g/mol. The van der Waals surface area contributed by atoms with Crippen molar-refractivity contribution in [1.82, 2.24) is 0 Å². The number of benzene rings is 9. The van der Waals surface area contributed by atoms with Crippen LogP contribution in [0.15, 0.2) is 188 Å². The van der Waals surface area contributed by atoms with E-state index < -0.39 is 0 Å². The molecule has 0 aromatic heterocycles. The third-order valence-electron chi connectivity index (χ3n) is 12.4. The first-order valence-corrected chi connectivity index (χ1v) is 20.1. The fourth-order valence-corrected chi connectivity index (χ4v) is 9.66. The van der Waals surface area contributed by atoms with Gasteiger partial charge in [0.15, 0.2) is 0 Å². The summed E-state index contributed by atoms with van der Waals surface area (Å²) in [6.45, 7) is 4.76. The van der Waals surface area contributed by atoms with Gasteiger partial charge < -0.3 is 4.90 Å². The van der Waals surface area contributed by atoms with Crippen LogP contribution >= 0.6 is 0 Å². The molecule has 1 heteroatoms. The van der Waals surface area contributed by atoms with Crippen molar-refractivity contribution in [2.75, 3.05) is 4.90 Å². The van der Waals surface area contributed by atoms with E-state index in [1.807, 2.05) is 0 Å². The molecule has 57 heavy (non-hydrogen) atoms. The van der Waals surface area contributed by atoms with Crippen molar-refractivity contribution in [3.63, 3.8) is 0 Å². The molecule has 0 unspecified atom stereocenters. The van der Waals surface area contributed by atoms with Crippen LogP contribution in [0.5, 0.6) is 0 Å². The molecule has 0 atom stereocenters. The molecule has 9 aromatic carbocycles. The maximum atomic E-state index is 2.46. The van der Waals surface area contributed by atoms with Gasteiger partial charge in [-0.1, -0.05) is 190 Å². The molecule has 0 saturated carbocycles. The van der Waals surface area contributed by atoms with Crippen LogP contribution in [-0.4, -0.2) is 0 Å². The van der Waals surface area contributed by atoms with Gasteiger partial charge in [-0.15, -0.1) is 0 Å². The Morgan fingerprint density at radius 3 is 1.47 bits per heavy atom. The molecule has 0 bridgehead atoms. The van der Waals surface area contributed by atoms with Crippen LogP contribution in [0, 0.1) is 0 Å². The molecule has 1 nitrogen and oxygen atoms in total. The summed E-state index contributed by atoms with van der Waals surface area (Å²) in [7, 11) is 0. The van der Waals surface area contributed by atoms with E-state index in [4.69, 9.17) is 0 Å². The molecule has 11 rings (SSSR count). The van der Waals surface area contributed by atoms with E-state index in [-0.39, 0.29) is 5.41 Å². The fraction of sp³-hybridized carbons (Fsp3) is 0.0714. The lowest BCUT2D eigenvalue weighted by Gasteiger charge is -2.34. The Bertz CT molecular complexity index is 2950. The first-order chi connectivity index (χ1) is 28.0. The van der Waals surface area contributed by atoms with Gasteiger partial charge in [-0.05, 0) is 113 Å². The maximum absolute atomic E-state index is 2.46. The maximum Gasteiger partial charge on any atom is 0.0497 e. The number of hydrogen-bond acceptors (Lipinski definition) is 1. The van der Waals surface area contributed by atoms with E-state index in [1.54, 1.807) is 0 Å². The summed E-state index contributed by atoms with van der Waals surface area (Å²) < 4.78 is 0. The van der Waals surface area contributed by atoms with Crippen molar-refractivity contribution < 1.29 is 0 Å². The minimum atomic E-state index is -0.136. The predicted molar refractivity (Wildman–Crippen MR) is 243 cm³/mol. The summed E-state index contributed by atoms with van der Waals surface area (Å²) in [5.74, 6) is 0. The van der Waals surface area contributed by atoms with Gasteiger partial charge in [0.05, 0.1) is 0 Å². The van der Waals surface area contributed by atoms with Gasteiger partial charge in [0.1, 0.15) is 0 Å². The molecule has 0 amide bonds. The van der Waals surface area contributed by atoms with Gasteiger partial charge in [-0.3, -0.25) is 0 Å². The topological polar surface area (TPSA) is 3.24 Å². The molecule has 0 N–H and O–H groups in total. The Morgan fingerprint density at radius 2 is 0.877 bits per heavy atom. The van der Waals surface area contributed by atoms with E-state index in [9.17, 15) is 0 Å². The van der Waals surface area contributed by atoms with Crippen molar-refractivity contribution in [1.29, 1.82) is 0 Å². The molecule has 1 heterocycles. The molecule has 0 fully saturated rings. The van der Waals surface area contributed by atoms with Gasteiger partial charge in [0, 0.05) is 28.9 Å². The second-order valence-electron chi connectivity index (χ2n) is 16.1. The lowest BCUT2D eigenvalue weighted by atomic mass is 9.81. The van der Waals surface area contributed by atoms with E-state index in [2.05, 4.69) is 219 Å². The molecule has 270 valence electrons. The van der Waals surface area contributed by atoms with E-state index in [0.717, 1.165) is 6.42 Å². The monoisotopic (exact) mass is 727 g/mol. The summed E-state index contributed by atoms with van der Waals surface area (Å²) >= 11 is 0. The zero-order valence-electron chi connectivity index (χ0n) is 32.2. The highest BCUT2D eigenvalue weighted by molar-refractivity contribution is 6.21. The minimum Gasteiger partial charge on any atom is -0.310 e. The Morgan fingerprint density at radius 1 is 0.421 bits per heavy atom. The molecule has 1 aliphatic heterocycles. The molecule has 1 aliphatic carbocycles. The Labute approximate surface area is 334 Å². The lowest BCUT2D eigenvalue weighted by molar-refractivity contribution is 0.660. The predicted octanol–water partition coefficient (Wildman–Crippen LogP) is 15.2. The zero-order chi connectivity index (χ0) is 38.1. The fourth-order valence-electron chi connectivity index (χ4n) is 9.66. The quantitative estimate of drug-likeness (QED) is 0.126. The Hall–Kier alpha value is -6.96. The third-order valence-corrected chi connectivity index (χ3v) is 12.4. The highest BCUT2D eigenvalue weighted by Gasteiger charge is 2.36. The van der Waals surface area contributed by atoms with Crippen LogP contribution in [0.2, 0.25) is 0 Å². The number of fused-ring (bicyclic) bond motifs is 7. The summed E-state index contributed by atoms with van der Waals surface area (Å²) in [5, 5.41) is 5.11. The van der Waals surface area contributed by atoms with Gasteiger partial charge >= 0.3 is 0 Å². The van der Waals surface area contributed by atoms with Crippen LogP contribution in [0.25, 0.3) is 67.1 Å². The Kier molecular flexibility index (Phi) is 7.66. The summed E-state index contributed by atoms with van der Waals surface area (Å²) in [4.78, 5) is 2.46. The Balaban J connectivity index is 0.913. The van der Waals surface area contributed by atoms with Crippen molar-refractivity contribution in [2.45, 2.75) is 25.7 Å². The van der Waals surface area contributed by atoms with Gasteiger partial charge in [0.2, 0.25) is 0 Å². The summed E-state index contributed by atoms with van der Waals surface area (Å²) in [6.07, 6.45) is 5.47. The molecule has 0 spiro atoms. The number of anilines is 3. The summed E-state index contributed by atoms with van der Waals surface area (Å²) in [6, 6.07) is 69.4. The molecule has 9 aromatic rings. The van der Waals surface area contributed by atoms with E-state index >= 15 is 0 Å². The molecule has 0 radical (unpaired) electrons. The first-order valence-electron chi connectivity index (χ1n) is 20.1. The highest BCUT2D eigenvalue weighted by Crippen LogP contribution is 2.52. The van der Waals surface area contributed by atoms with Crippen LogP contribution in [-0.2, 0) is 11.8 Å². The molecule has 2 aliphatic rings. The van der Waals surface area contributed by atoms with E-state index in [0.29, 0.717) is 0 Å². The normalized spacial score (nSPS) is 13.8. The van der Waals surface area contributed by atoms with Crippen LogP contribution in [0.1, 0.15) is 47.2 Å². The largest absolute Gasteiger partial charge is 0.310 e. The second-order valence-corrected chi connectivity index (χ2v) is 16.1. The number of nitrogens with zero attached hydrogens (tertiary/aromatic N) is 1. The summed E-state index contributed by atoms with van der Waals surface area (Å²) in [5.41, 5.74) is 19.2. The second kappa shape index (κ2) is 13.1. The van der Waals surface area contributed by atoms with Gasteiger partial charge in [0.25, 0.3) is 0 Å². The van der Waals surface area contributed by atoms with E-state index in [1.165, 1.54) is 105 Å². The minimum absolute atomic E-state index is 0.136. The van der Waals surface area contributed by atoms with Crippen LogP contribution in [0.3, 0.4) is 0 Å². The van der Waals surface area contributed by atoms with Crippen LogP contribution < -0.4 is 4.90 Å². The lowest BCUT2D eigenvalue weighted by Crippen LogP contribution is -2.20. The third kappa shape index (κ3) is 5.38. The molecular weight excluding hydrogens is 687 g/mol. The highest BCUT2D eigenvalue weighted by atomic mass is 15.2. The average Bonchev–Trinajstić information content (AvgIpc) is 3.49. The van der Waals surface area contributed by atoms with Crippen molar-refractivity contribution in [2.24, 2.45) is 0 Å².